The van der Waals surface area contributed by atoms with Gasteiger partial charge in [0, 0.05) is 25.0 Å². The fourth-order valence-electron chi connectivity index (χ4n) is 3.19. The number of rotatable bonds is 11. The number of alkyl halides is 1. The van der Waals surface area contributed by atoms with Gasteiger partial charge in [0.05, 0.1) is 6.61 Å². The van der Waals surface area contributed by atoms with Crippen LogP contribution in [0.25, 0.3) is 0 Å². The number of halogens is 1. The molecule has 0 bridgehead atoms. The fraction of sp³-hybridized carbons (Fsp3) is 0.667. The third kappa shape index (κ3) is 6.50. The average molecular weight is 356 g/mol. The number of benzene rings is 1. The van der Waals surface area contributed by atoms with Crippen LogP contribution in [0.3, 0.4) is 0 Å². The highest BCUT2D eigenvalue weighted by Crippen LogP contribution is 2.33. The topological polar surface area (TPSA) is 23.5 Å². The van der Waals surface area contributed by atoms with Crippen molar-refractivity contribution in [2.24, 2.45) is 5.41 Å². The van der Waals surface area contributed by atoms with Crippen molar-refractivity contribution in [3.8, 4) is 0 Å². The van der Waals surface area contributed by atoms with Crippen LogP contribution in [-0.2, 0) is 6.54 Å². The molecular weight excluding hydrogens is 326 g/mol. The Morgan fingerprint density at radius 3 is 2.19 bits per heavy atom. The summed E-state index contributed by atoms with van der Waals surface area (Å²) in [7, 11) is 0. The maximum absolute atomic E-state index is 9.39. The quantitative estimate of drug-likeness (QED) is 0.592. The molecule has 0 amide bonds. The Balaban J connectivity index is 2.77. The van der Waals surface area contributed by atoms with Crippen molar-refractivity contribution >= 4 is 15.9 Å². The van der Waals surface area contributed by atoms with Gasteiger partial charge in [-0.15, -0.1) is 0 Å². The predicted octanol–water partition coefficient (Wildman–Crippen LogP) is 4.46. The van der Waals surface area contributed by atoms with E-state index < -0.39 is 0 Å². The SMILES string of the molecule is CCCC(CBr)(CCC)CN(CCO)Cc1ccccc1. The lowest BCUT2D eigenvalue weighted by atomic mass is 9.80. The van der Waals surface area contributed by atoms with Crippen molar-refractivity contribution in [3.05, 3.63) is 35.9 Å². The minimum atomic E-state index is 0.226. The molecule has 3 heteroatoms. The number of hydrogen-bond donors (Lipinski definition) is 1. The maximum Gasteiger partial charge on any atom is 0.0558 e. The molecule has 21 heavy (non-hydrogen) atoms. The molecule has 0 saturated carbocycles. The van der Waals surface area contributed by atoms with Crippen LogP contribution in [0.5, 0.6) is 0 Å². The Labute approximate surface area is 138 Å². The average Bonchev–Trinajstić information content (AvgIpc) is 2.49. The van der Waals surface area contributed by atoms with Crippen molar-refractivity contribution in [2.45, 2.75) is 46.1 Å². The molecule has 0 radical (unpaired) electrons. The molecule has 0 fully saturated rings. The molecule has 120 valence electrons. The Morgan fingerprint density at radius 2 is 1.71 bits per heavy atom. The molecule has 0 saturated heterocycles. The summed E-state index contributed by atoms with van der Waals surface area (Å²) in [4.78, 5) is 2.40. The van der Waals surface area contributed by atoms with Crippen LogP contribution in [0.2, 0.25) is 0 Å². The van der Waals surface area contributed by atoms with Gasteiger partial charge in [-0.3, -0.25) is 4.90 Å². The number of hydrogen-bond acceptors (Lipinski definition) is 2. The van der Waals surface area contributed by atoms with Crippen LogP contribution in [-0.4, -0.2) is 35.0 Å². The fourth-order valence-corrected chi connectivity index (χ4v) is 3.93. The Bertz CT molecular complexity index is 363. The Kier molecular flexibility index (Phi) is 9.21. The standard InChI is InChI=1S/C18H30BrNO/c1-3-10-18(15-19,11-4-2)16-20(12-13-21)14-17-8-6-5-7-9-17/h5-9,21H,3-4,10-16H2,1-2H3. The molecule has 0 aliphatic carbocycles. The molecule has 1 N–H and O–H groups in total. The highest BCUT2D eigenvalue weighted by Gasteiger charge is 2.29. The first kappa shape index (κ1) is 18.7. The van der Waals surface area contributed by atoms with E-state index in [9.17, 15) is 5.11 Å². The van der Waals surface area contributed by atoms with Gasteiger partial charge in [-0.2, -0.15) is 0 Å². The molecule has 0 heterocycles. The van der Waals surface area contributed by atoms with E-state index in [-0.39, 0.29) is 6.61 Å². The van der Waals surface area contributed by atoms with Crippen molar-refractivity contribution < 1.29 is 5.11 Å². The summed E-state index contributed by atoms with van der Waals surface area (Å²) in [6, 6.07) is 10.6. The van der Waals surface area contributed by atoms with Crippen LogP contribution in [0.1, 0.15) is 45.1 Å². The van der Waals surface area contributed by atoms with Crippen LogP contribution in [0, 0.1) is 5.41 Å². The number of aliphatic hydroxyl groups is 1. The van der Waals surface area contributed by atoms with Gasteiger partial charge in [-0.05, 0) is 23.8 Å². The first-order valence-electron chi connectivity index (χ1n) is 8.12. The molecule has 0 atom stereocenters. The van der Waals surface area contributed by atoms with Gasteiger partial charge in [0.25, 0.3) is 0 Å². The van der Waals surface area contributed by atoms with Gasteiger partial charge in [-0.25, -0.2) is 0 Å². The van der Waals surface area contributed by atoms with E-state index in [1.54, 1.807) is 0 Å². The minimum Gasteiger partial charge on any atom is -0.395 e. The van der Waals surface area contributed by atoms with Gasteiger partial charge in [0.1, 0.15) is 0 Å². The second-order valence-corrected chi connectivity index (χ2v) is 6.61. The van der Waals surface area contributed by atoms with Crippen LogP contribution < -0.4 is 0 Å². The first-order chi connectivity index (χ1) is 10.2. The van der Waals surface area contributed by atoms with E-state index >= 15 is 0 Å². The van der Waals surface area contributed by atoms with Crippen LogP contribution >= 0.6 is 15.9 Å². The van der Waals surface area contributed by atoms with Crippen LogP contribution in [0.15, 0.2) is 30.3 Å². The molecule has 0 aliphatic rings. The van der Waals surface area contributed by atoms with E-state index in [0.29, 0.717) is 5.41 Å². The molecule has 1 aromatic carbocycles. The highest BCUT2D eigenvalue weighted by molar-refractivity contribution is 9.09. The van der Waals surface area contributed by atoms with Gasteiger partial charge in [0.15, 0.2) is 0 Å². The smallest absolute Gasteiger partial charge is 0.0558 e. The molecular formula is C18H30BrNO. The lowest BCUT2D eigenvalue weighted by molar-refractivity contribution is 0.118. The summed E-state index contributed by atoms with van der Waals surface area (Å²) in [5, 5.41) is 10.4. The summed E-state index contributed by atoms with van der Waals surface area (Å²) in [6.07, 6.45) is 4.90. The molecule has 0 aromatic heterocycles. The zero-order chi connectivity index (χ0) is 15.6. The minimum absolute atomic E-state index is 0.226. The lowest BCUT2D eigenvalue weighted by Gasteiger charge is -2.37. The van der Waals surface area contributed by atoms with E-state index in [1.165, 1.54) is 31.2 Å². The zero-order valence-electron chi connectivity index (χ0n) is 13.5. The van der Waals surface area contributed by atoms with Crippen molar-refractivity contribution in [3.63, 3.8) is 0 Å². The van der Waals surface area contributed by atoms with Gasteiger partial charge >= 0.3 is 0 Å². The maximum atomic E-state index is 9.39. The van der Waals surface area contributed by atoms with Crippen molar-refractivity contribution in [2.75, 3.05) is 25.0 Å². The second-order valence-electron chi connectivity index (χ2n) is 6.05. The Hall–Kier alpha value is -0.380. The van der Waals surface area contributed by atoms with E-state index in [2.05, 4.69) is 65.0 Å². The molecule has 2 nitrogen and oxygen atoms in total. The normalized spacial score (nSPS) is 12.0. The lowest BCUT2D eigenvalue weighted by Crippen LogP contribution is -2.40. The van der Waals surface area contributed by atoms with Crippen LogP contribution in [0.4, 0.5) is 0 Å². The monoisotopic (exact) mass is 355 g/mol. The van der Waals surface area contributed by atoms with Crippen molar-refractivity contribution in [1.82, 2.24) is 4.90 Å². The first-order valence-corrected chi connectivity index (χ1v) is 9.25. The number of aliphatic hydroxyl groups excluding tert-OH is 1. The molecule has 0 unspecified atom stereocenters. The van der Waals surface area contributed by atoms with E-state index in [4.69, 9.17) is 0 Å². The predicted molar refractivity (Wildman–Crippen MR) is 94.8 cm³/mol. The number of nitrogens with zero attached hydrogens (tertiary/aromatic N) is 1. The third-order valence-corrected chi connectivity index (χ3v) is 5.26. The van der Waals surface area contributed by atoms with Gasteiger partial charge in [-0.1, -0.05) is 73.0 Å². The third-order valence-electron chi connectivity index (χ3n) is 4.07. The Morgan fingerprint density at radius 1 is 1.10 bits per heavy atom. The molecule has 0 spiro atoms. The summed E-state index contributed by atoms with van der Waals surface area (Å²) in [5.41, 5.74) is 1.65. The van der Waals surface area contributed by atoms with Gasteiger partial charge < -0.3 is 5.11 Å². The largest absolute Gasteiger partial charge is 0.395 e. The van der Waals surface area contributed by atoms with E-state index in [0.717, 1.165) is 25.0 Å². The van der Waals surface area contributed by atoms with E-state index in [1.807, 2.05) is 0 Å². The summed E-state index contributed by atoms with van der Waals surface area (Å²) in [6.45, 7) is 7.47. The van der Waals surface area contributed by atoms with Gasteiger partial charge in [0.2, 0.25) is 0 Å². The molecule has 0 aliphatic heterocycles. The van der Waals surface area contributed by atoms with Crippen molar-refractivity contribution in [1.29, 1.82) is 0 Å². The summed E-state index contributed by atoms with van der Waals surface area (Å²) in [5.74, 6) is 0. The highest BCUT2D eigenvalue weighted by atomic mass is 79.9. The molecule has 1 rings (SSSR count). The summed E-state index contributed by atoms with van der Waals surface area (Å²) < 4.78 is 0. The summed E-state index contributed by atoms with van der Waals surface area (Å²) >= 11 is 3.75. The molecule has 1 aromatic rings. The second kappa shape index (κ2) is 10.4. The zero-order valence-corrected chi connectivity index (χ0v) is 15.1.